The Morgan fingerprint density at radius 2 is 1.72 bits per heavy atom. The molecule has 1 aromatic carbocycles. The number of pyridine rings is 1. The van der Waals surface area contributed by atoms with Gasteiger partial charge in [0.05, 0.1) is 25.7 Å². The second-order valence-corrected chi connectivity index (χ2v) is 7.85. The van der Waals surface area contributed by atoms with Crippen LogP contribution in [0, 0.1) is 0 Å². The fourth-order valence-electron chi connectivity index (χ4n) is 3.31. The molecule has 10 nitrogen and oxygen atoms in total. The molecule has 0 radical (unpaired) electrons. The Labute approximate surface area is 203 Å². The van der Waals surface area contributed by atoms with Gasteiger partial charge in [-0.05, 0) is 43.2 Å². The second kappa shape index (κ2) is 9.68. The highest BCUT2D eigenvalue weighted by Gasteiger charge is 2.53. The highest BCUT2D eigenvalue weighted by Crippen LogP contribution is 2.41. The lowest BCUT2D eigenvalue weighted by Crippen LogP contribution is -2.50. The summed E-state index contributed by atoms with van der Waals surface area (Å²) >= 11 is 0. The number of nitrogens with zero attached hydrogens (tertiary/aromatic N) is 4. The van der Waals surface area contributed by atoms with E-state index in [0.717, 1.165) is 12.1 Å². The van der Waals surface area contributed by atoms with Gasteiger partial charge in [0.25, 0.3) is 5.91 Å². The Balaban J connectivity index is 1.43. The predicted octanol–water partition coefficient (Wildman–Crippen LogP) is 3.98. The number of anilines is 1. The Kier molecular flexibility index (Phi) is 6.64. The number of aromatic nitrogens is 3. The van der Waals surface area contributed by atoms with Crippen molar-refractivity contribution in [1.82, 2.24) is 20.3 Å². The normalized spacial score (nSPS) is 13.9. The maximum atomic E-state index is 13.4. The van der Waals surface area contributed by atoms with E-state index in [1.165, 1.54) is 62.2 Å². The highest BCUT2D eigenvalue weighted by atomic mass is 19.4. The highest BCUT2D eigenvalue weighted by molar-refractivity contribution is 6.03. The second-order valence-electron chi connectivity index (χ2n) is 7.85. The van der Waals surface area contributed by atoms with Gasteiger partial charge in [0, 0.05) is 7.05 Å². The lowest BCUT2D eigenvalue weighted by molar-refractivity contribution is -0.138. The first-order valence-electron chi connectivity index (χ1n) is 10.5. The first-order chi connectivity index (χ1) is 17.1. The van der Waals surface area contributed by atoms with Crippen LogP contribution >= 0.6 is 0 Å². The lowest BCUT2D eigenvalue weighted by Gasteiger charge is -2.23. The van der Waals surface area contributed by atoms with E-state index in [-0.39, 0.29) is 23.1 Å². The maximum absolute atomic E-state index is 13.4. The molecule has 0 aliphatic heterocycles. The van der Waals surface area contributed by atoms with Crippen LogP contribution in [0.1, 0.15) is 18.4 Å². The van der Waals surface area contributed by atoms with Crippen molar-refractivity contribution in [3.8, 4) is 23.0 Å². The van der Waals surface area contributed by atoms with Crippen molar-refractivity contribution >= 4 is 17.8 Å². The quantitative estimate of drug-likeness (QED) is 0.515. The van der Waals surface area contributed by atoms with Gasteiger partial charge in [-0.1, -0.05) is 0 Å². The molecule has 0 atom stereocenters. The molecule has 36 heavy (non-hydrogen) atoms. The third-order valence-corrected chi connectivity index (χ3v) is 5.34. The number of carbonyl (C=O) groups excluding carboxylic acids is 2. The molecule has 0 unspecified atom stereocenters. The maximum Gasteiger partial charge on any atom is 0.420 e. The largest absolute Gasteiger partial charge is 0.497 e. The summed E-state index contributed by atoms with van der Waals surface area (Å²) in [5.74, 6) is -0.467. The Bertz CT molecular complexity index is 1250. The molecule has 188 valence electrons. The molecule has 2 amide bonds. The number of nitrogens with one attached hydrogen (secondary N) is 1. The van der Waals surface area contributed by atoms with Crippen LogP contribution in [0.5, 0.6) is 23.0 Å². The van der Waals surface area contributed by atoms with Gasteiger partial charge in [0.1, 0.15) is 40.5 Å². The Hall–Kier alpha value is -4.42. The van der Waals surface area contributed by atoms with Gasteiger partial charge in [0.2, 0.25) is 0 Å². The SMILES string of the molecule is COc1ccc(Oc2ccc(N(C)C(=O)C3(NC(=O)Oc4cncnc4)CC3)nc2)c(C(F)(F)F)c1. The smallest absolute Gasteiger partial charge is 0.420 e. The van der Waals surface area contributed by atoms with E-state index in [0.29, 0.717) is 12.8 Å². The van der Waals surface area contributed by atoms with E-state index >= 15 is 0 Å². The van der Waals surface area contributed by atoms with E-state index in [1.807, 2.05) is 0 Å². The number of methoxy groups -OCH3 is 1. The van der Waals surface area contributed by atoms with Crippen molar-refractivity contribution in [2.45, 2.75) is 24.6 Å². The van der Waals surface area contributed by atoms with Gasteiger partial charge in [-0.2, -0.15) is 13.2 Å². The number of ether oxygens (including phenoxy) is 3. The third kappa shape index (κ3) is 5.45. The monoisotopic (exact) mass is 503 g/mol. The van der Waals surface area contributed by atoms with Crippen molar-refractivity contribution in [2.75, 3.05) is 19.1 Å². The minimum absolute atomic E-state index is 0.0307. The molecular weight excluding hydrogens is 483 g/mol. The molecule has 1 aliphatic carbocycles. The van der Waals surface area contributed by atoms with E-state index < -0.39 is 35.0 Å². The summed E-state index contributed by atoms with van der Waals surface area (Å²) in [6, 6.07) is 6.12. The molecule has 13 heteroatoms. The van der Waals surface area contributed by atoms with E-state index in [9.17, 15) is 22.8 Å². The summed E-state index contributed by atoms with van der Waals surface area (Å²) in [5.41, 5.74) is -2.16. The molecule has 1 fully saturated rings. The Morgan fingerprint density at radius 3 is 2.31 bits per heavy atom. The number of likely N-dealkylation sites (N-methyl/N-ethyl adjacent to an activating group) is 1. The van der Waals surface area contributed by atoms with Crippen LogP contribution in [0.3, 0.4) is 0 Å². The summed E-state index contributed by atoms with van der Waals surface area (Å²) < 4.78 is 55.6. The third-order valence-electron chi connectivity index (χ3n) is 5.34. The fraction of sp³-hybridized carbons (Fsp3) is 0.261. The lowest BCUT2D eigenvalue weighted by atomic mass is 10.2. The van der Waals surface area contributed by atoms with Crippen molar-refractivity contribution in [1.29, 1.82) is 0 Å². The minimum atomic E-state index is -4.66. The van der Waals surface area contributed by atoms with Crippen LogP contribution < -0.4 is 24.4 Å². The average molecular weight is 503 g/mol. The van der Waals surface area contributed by atoms with Crippen molar-refractivity contribution < 1.29 is 37.0 Å². The molecule has 0 spiro atoms. The van der Waals surface area contributed by atoms with Crippen molar-refractivity contribution in [3.05, 3.63) is 60.8 Å². The summed E-state index contributed by atoms with van der Waals surface area (Å²) in [6.07, 6.45) is 0.381. The molecule has 2 heterocycles. The zero-order valence-corrected chi connectivity index (χ0v) is 19.1. The number of benzene rings is 1. The van der Waals surface area contributed by atoms with Crippen LogP contribution in [-0.4, -0.2) is 46.6 Å². The first kappa shape index (κ1) is 24.7. The van der Waals surface area contributed by atoms with Gasteiger partial charge in [-0.15, -0.1) is 0 Å². The van der Waals surface area contributed by atoms with Gasteiger partial charge in [0.15, 0.2) is 5.75 Å². The van der Waals surface area contributed by atoms with Gasteiger partial charge >= 0.3 is 12.3 Å². The average Bonchev–Trinajstić information content (AvgIpc) is 3.64. The number of hydrogen-bond acceptors (Lipinski definition) is 8. The van der Waals surface area contributed by atoms with Crippen molar-refractivity contribution in [2.24, 2.45) is 0 Å². The summed E-state index contributed by atoms with van der Waals surface area (Å²) in [6.45, 7) is 0. The first-order valence-corrected chi connectivity index (χ1v) is 10.5. The van der Waals surface area contributed by atoms with E-state index in [2.05, 4.69) is 20.3 Å². The molecular formula is C23H20F3N5O5. The zero-order valence-electron chi connectivity index (χ0n) is 19.1. The predicted molar refractivity (Wildman–Crippen MR) is 119 cm³/mol. The summed E-state index contributed by atoms with van der Waals surface area (Å²) in [5, 5.41) is 2.56. The van der Waals surface area contributed by atoms with Crippen LogP contribution in [0.4, 0.5) is 23.8 Å². The topological polar surface area (TPSA) is 116 Å². The van der Waals surface area contributed by atoms with Gasteiger partial charge in [-0.3, -0.25) is 9.69 Å². The van der Waals surface area contributed by atoms with E-state index in [1.54, 1.807) is 0 Å². The number of carbonyl (C=O) groups is 2. The number of alkyl halides is 3. The number of halogens is 3. The molecule has 0 bridgehead atoms. The Morgan fingerprint density at radius 1 is 1.03 bits per heavy atom. The van der Waals surface area contributed by atoms with Crippen LogP contribution in [-0.2, 0) is 11.0 Å². The molecule has 2 aromatic heterocycles. The minimum Gasteiger partial charge on any atom is -0.497 e. The van der Waals surface area contributed by atoms with E-state index in [4.69, 9.17) is 14.2 Å². The fourth-order valence-corrected chi connectivity index (χ4v) is 3.31. The van der Waals surface area contributed by atoms with Crippen molar-refractivity contribution in [3.63, 3.8) is 0 Å². The molecule has 1 N–H and O–H groups in total. The zero-order chi connectivity index (χ0) is 25.9. The molecule has 1 saturated carbocycles. The summed E-state index contributed by atoms with van der Waals surface area (Å²) in [7, 11) is 2.73. The molecule has 4 rings (SSSR count). The standard InChI is InChI=1S/C23H20F3N5O5/c1-31(20(32)22(7-8-22)30-21(33)36-16-10-27-13-28-11-16)19-6-4-15(12-29-19)35-18-5-3-14(34-2)9-17(18)23(24,25)26/h3-6,9-13H,7-8H2,1-2H3,(H,30,33). The van der Waals surface area contributed by atoms with Crippen LogP contribution in [0.25, 0.3) is 0 Å². The number of hydrogen-bond donors (Lipinski definition) is 1. The molecule has 0 saturated heterocycles. The van der Waals surface area contributed by atoms with Gasteiger partial charge in [-0.25, -0.2) is 19.7 Å². The molecule has 3 aromatic rings. The van der Waals surface area contributed by atoms with Gasteiger partial charge < -0.3 is 19.5 Å². The van der Waals surface area contributed by atoms with Crippen LogP contribution in [0.2, 0.25) is 0 Å². The molecule has 1 aliphatic rings. The number of amides is 2. The number of rotatable bonds is 7. The van der Waals surface area contributed by atoms with Crippen LogP contribution in [0.15, 0.2) is 55.2 Å². The summed E-state index contributed by atoms with van der Waals surface area (Å²) in [4.78, 5) is 38.1.